The fourth-order valence-electron chi connectivity index (χ4n) is 1.94. The maximum atomic E-state index is 13.0. The predicted octanol–water partition coefficient (Wildman–Crippen LogP) is 3.02. The van der Waals surface area contributed by atoms with Crippen LogP contribution in [-0.4, -0.2) is 6.54 Å². The highest BCUT2D eigenvalue weighted by Gasteiger charge is 2.21. The van der Waals surface area contributed by atoms with Crippen molar-refractivity contribution < 1.29 is 4.39 Å². The molecule has 0 fully saturated rings. The maximum absolute atomic E-state index is 13.0. The van der Waals surface area contributed by atoms with Crippen LogP contribution in [0.25, 0.3) is 0 Å². The Hall–Kier alpha value is -0.600. The van der Waals surface area contributed by atoms with E-state index < -0.39 is 0 Å². The summed E-state index contributed by atoms with van der Waals surface area (Å²) in [5.74, 6) is 0.293. The molecule has 1 heterocycles. The van der Waals surface area contributed by atoms with Gasteiger partial charge in [0.05, 0.1) is 0 Å². The summed E-state index contributed by atoms with van der Waals surface area (Å²) in [7, 11) is 0. The fourth-order valence-corrected chi connectivity index (χ4v) is 1.94. The maximum Gasteiger partial charge on any atom is 0.123 e. The van der Waals surface area contributed by atoms with Gasteiger partial charge >= 0.3 is 0 Å². The normalized spacial score (nSPS) is 25.1. The smallest absolute Gasteiger partial charge is 0.123 e. The van der Waals surface area contributed by atoms with Gasteiger partial charge in [0, 0.05) is 12.6 Å². The van der Waals surface area contributed by atoms with E-state index >= 15 is 0 Å². The third-order valence-electron chi connectivity index (χ3n) is 2.78. The second-order valence-corrected chi connectivity index (χ2v) is 3.80. The van der Waals surface area contributed by atoms with E-state index in [9.17, 15) is 4.39 Å². The summed E-state index contributed by atoms with van der Waals surface area (Å²) in [6, 6.07) is 5.44. The first kappa shape index (κ1) is 11.5. The molecule has 0 bridgehead atoms. The molecule has 2 unspecified atom stereocenters. The van der Waals surface area contributed by atoms with Crippen molar-refractivity contribution in [2.75, 3.05) is 6.54 Å². The van der Waals surface area contributed by atoms with E-state index in [-0.39, 0.29) is 18.2 Å². The van der Waals surface area contributed by atoms with Crippen LogP contribution >= 0.6 is 12.4 Å². The molecule has 3 heteroatoms. The summed E-state index contributed by atoms with van der Waals surface area (Å²) in [6.45, 7) is 5.18. The highest BCUT2D eigenvalue weighted by atomic mass is 35.5. The second kappa shape index (κ2) is 4.28. The van der Waals surface area contributed by atoms with Gasteiger partial charge in [-0.15, -0.1) is 12.4 Å². The largest absolute Gasteiger partial charge is 0.310 e. The van der Waals surface area contributed by atoms with Crippen molar-refractivity contribution >= 4 is 12.4 Å². The molecule has 78 valence electrons. The zero-order chi connectivity index (χ0) is 9.42. The molecule has 0 amide bonds. The lowest BCUT2D eigenvalue weighted by Gasteiger charge is -2.28. The molecule has 2 rings (SSSR count). The van der Waals surface area contributed by atoms with Crippen molar-refractivity contribution in [3.8, 4) is 0 Å². The molecule has 0 spiro atoms. The Morgan fingerprint density at radius 3 is 2.71 bits per heavy atom. The van der Waals surface area contributed by atoms with Gasteiger partial charge < -0.3 is 5.32 Å². The Kier molecular flexibility index (Phi) is 3.51. The number of rotatable bonds is 0. The molecule has 0 aliphatic carbocycles. The molecule has 1 aromatic rings. The van der Waals surface area contributed by atoms with E-state index in [1.165, 1.54) is 11.6 Å². The molecular weight excluding hydrogens is 201 g/mol. The first-order chi connectivity index (χ1) is 6.18. The van der Waals surface area contributed by atoms with E-state index in [0.29, 0.717) is 12.0 Å². The first-order valence-corrected chi connectivity index (χ1v) is 4.71. The standard InChI is InChI=1S/C11H14FN.ClH/c1-7-6-13-8(2)10-4-3-9(12)5-11(7)10;/h3-5,7-8,13H,6H2,1-2H3;1H. The molecule has 14 heavy (non-hydrogen) atoms. The minimum absolute atomic E-state index is 0. The summed E-state index contributed by atoms with van der Waals surface area (Å²) in [6.07, 6.45) is 0. The van der Waals surface area contributed by atoms with Crippen LogP contribution in [0, 0.1) is 5.82 Å². The van der Waals surface area contributed by atoms with Crippen LogP contribution in [0.1, 0.15) is 36.9 Å². The van der Waals surface area contributed by atoms with Crippen molar-refractivity contribution in [3.05, 3.63) is 35.1 Å². The Bertz CT molecular complexity index is 327. The predicted molar refractivity (Wildman–Crippen MR) is 58.5 cm³/mol. The van der Waals surface area contributed by atoms with E-state index in [4.69, 9.17) is 0 Å². The van der Waals surface area contributed by atoms with Crippen molar-refractivity contribution in [2.45, 2.75) is 25.8 Å². The molecule has 0 saturated heterocycles. The summed E-state index contributed by atoms with van der Waals surface area (Å²) in [5.41, 5.74) is 2.39. The van der Waals surface area contributed by atoms with Gasteiger partial charge in [0.1, 0.15) is 5.82 Å². The quantitative estimate of drug-likeness (QED) is 0.702. The number of halogens is 2. The van der Waals surface area contributed by atoms with Crippen molar-refractivity contribution in [1.82, 2.24) is 5.32 Å². The van der Waals surface area contributed by atoms with Gasteiger partial charge in [-0.1, -0.05) is 13.0 Å². The zero-order valence-corrected chi connectivity index (χ0v) is 9.20. The Morgan fingerprint density at radius 2 is 2.00 bits per heavy atom. The van der Waals surface area contributed by atoms with E-state index in [1.807, 2.05) is 6.07 Å². The van der Waals surface area contributed by atoms with Crippen LogP contribution in [-0.2, 0) is 0 Å². The number of nitrogens with one attached hydrogen (secondary N) is 1. The molecule has 1 aromatic carbocycles. The molecule has 1 nitrogen and oxygen atoms in total. The van der Waals surface area contributed by atoms with E-state index in [0.717, 1.165) is 12.1 Å². The lowest BCUT2D eigenvalue weighted by atomic mass is 9.88. The van der Waals surface area contributed by atoms with Crippen LogP contribution in [0.5, 0.6) is 0 Å². The van der Waals surface area contributed by atoms with Crippen LogP contribution in [0.4, 0.5) is 4.39 Å². The van der Waals surface area contributed by atoms with Crippen LogP contribution < -0.4 is 5.32 Å². The summed E-state index contributed by atoms with van der Waals surface area (Å²) >= 11 is 0. The van der Waals surface area contributed by atoms with Gasteiger partial charge in [-0.25, -0.2) is 4.39 Å². The number of hydrogen-bond donors (Lipinski definition) is 1. The van der Waals surface area contributed by atoms with Gasteiger partial charge in [0.2, 0.25) is 0 Å². The third-order valence-corrected chi connectivity index (χ3v) is 2.78. The molecule has 1 aliphatic rings. The number of benzene rings is 1. The summed E-state index contributed by atoms with van der Waals surface area (Å²) < 4.78 is 13.0. The number of hydrogen-bond acceptors (Lipinski definition) is 1. The lowest BCUT2D eigenvalue weighted by Crippen LogP contribution is -2.30. The van der Waals surface area contributed by atoms with Crippen molar-refractivity contribution in [1.29, 1.82) is 0 Å². The third kappa shape index (κ3) is 1.91. The van der Waals surface area contributed by atoms with Gasteiger partial charge in [0.25, 0.3) is 0 Å². The van der Waals surface area contributed by atoms with Gasteiger partial charge in [0.15, 0.2) is 0 Å². The van der Waals surface area contributed by atoms with Crippen LogP contribution in [0.3, 0.4) is 0 Å². The minimum Gasteiger partial charge on any atom is -0.310 e. The molecule has 0 saturated carbocycles. The average molecular weight is 216 g/mol. The SMILES string of the molecule is CC1CNC(C)c2ccc(F)cc21.Cl. The molecular formula is C11H15ClFN. The number of fused-ring (bicyclic) bond motifs is 1. The van der Waals surface area contributed by atoms with Crippen LogP contribution in [0.15, 0.2) is 18.2 Å². The Balaban J connectivity index is 0.000000980. The fraction of sp³-hybridized carbons (Fsp3) is 0.455. The van der Waals surface area contributed by atoms with Crippen molar-refractivity contribution in [3.63, 3.8) is 0 Å². The van der Waals surface area contributed by atoms with E-state index in [1.54, 1.807) is 6.07 Å². The zero-order valence-electron chi connectivity index (χ0n) is 8.38. The average Bonchev–Trinajstić information content (AvgIpc) is 2.12. The molecule has 0 radical (unpaired) electrons. The van der Waals surface area contributed by atoms with Gasteiger partial charge in [-0.3, -0.25) is 0 Å². The summed E-state index contributed by atoms with van der Waals surface area (Å²) in [5, 5.41) is 3.38. The first-order valence-electron chi connectivity index (χ1n) is 4.71. The molecule has 1 N–H and O–H groups in total. The Labute approximate surface area is 90.1 Å². The van der Waals surface area contributed by atoms with Crippen molar-refractivity contribution in [2.24, 2.45) is 0 Å². The monoisotopic (exact) mass is 215 g/mol. The molecule has 0 aromatic heterocycles. The van der Waals surface area contributed by atoms with Gasteiger partial charge in [-0.05, 0) is 36.1 Å². The highest BCUT2D eigenvalue weighted by Crippen LogP contribution is 2.29. The van der Waals surface area contributed by atoms with E-state index in [2.05, 4.69) is 19.2 Å². The summed E-state index contributed by atoms with van der Waals surface area (Å²) in [4.78, 5) is 0. The second-order valence-electron chi connectivity index (χ2n) is 3.80. The molecule has 2 atom stereocenters. The lowest BCUT2D eigenvalue weighted by molar-refractivity contribution is 0.490. The molecule has 1 aliphatic heterocycles. The van der Waals surface area contributed by atoms with Gasteiger partial charge in [-0.2, -0.15) is 0 Å². The van der Waals surface area contributed by atoms with Crippen LogP contribution in [0.2, 0.25) is 0 Å². The highest BCUT2D eigenvalue weighted by molar-refractivity contribution is 5.85. The topological polar surface area (TPSA) is 12.0 Å². The minimum atomic E-state index is -0.125. The Morgan fingerprint density at radius 1 is 1.29 bits per heavy atom.